The SMILES string of the molecule is Cc1ccccc1CC(Cl)c1cccc2ccccc12. The van der Waals surface area contributed by atoms with Gasteiger partial charge in [0.25, 0.3) is 0 Å². The van der Waals surface area contributed by atoms with Crippen molar-refractivity contribution in [2.75, 3.05) is 0 Å². The first-order chi connectivity index (χ1) is 9.75. The molecule has 0 N–H and O–H groups in total. The molecule has 0 heterocycles. The lowest BCUT2D eigenvalue weighted by atomic mass is 9.96. The topological polar surface area (TPSA) is 0 Å². The fraction of sp³-hybridized carbons (Fsp3) is 0.158. The van der Waals surface area contributed by atoms with E-state index in [-0.39, 0.29) is 5.38 Å². The van der Waals surface area contributed by atoms with Crippen molar-refractivity contribution < 1.29 is 0 Å². The van der Waals surface area contributed by atoms with Crippen molar-refractivity contribution in [2.45, 2.75) is 18.7 Å². The van der Waals surface area contributed by atoms with E-state index in [1.54, 1.807) is 0 Å². The molecule has 3 aromatic carbocycles. The van der Waals surface area contributed by atoms with Gasteiger partial charge in [0, 0.05) is 0 Å². The van der Waals surface area contributed by atoms with Crippen LogP contribution in [-0.4, -0.2) is 0 Å². The summed E-state index contributed by atoms with van der Waals surface area (Å²) >= 11 is 6.69. The van der Waals surface area contributed by atoms with E-state index in [1.807, 2.05) is 0 Å². The van der Waals surface area contributed by atoms with Crippen molar-refractivity contribution in [3.63, 3.8) is 0 Å². The number of hydrogen-bond acceptors (Lipinski definition) is 0. The second kappa shape index (κ2) is 5.68. The normalized spacial score (nSPS) is 12.5. The highest BCUT2D eigenvalue weighted by Gasteiger charge is 2.12. The molecule has 0 aliphatic carbocycles. The van der Waals surface area contributed by atoms with Gasteiger partial charge in [0.15, 0.2) is 0 Å². The predicted octanol–water partition coefficient (Wildman–Crippen LogP) is 5.67. The van der Waals surface area contributed by atoms with Crippen LogP contribution in [0.2, 0.25) is 0 Å². The van der Waals surface area contributed by atoms with Gasteiger partial charge in [-0.05, 0) is 40.8 Å². The number of hydrogen-bond donors (Lipinski definition) is 0. The lowest BCUT2D eigenvalue weighted by Crippen LogP contribution is -1.98. The van der Waals surface area contributed by atoms with Crippen molar-refractivity contribution in [3.05, 3.63) is 83.4 Å². The Morgan fingerprint density at radius 3 is 2.40 bits per heavy atom. The molecule has 0 saturated heterocycles. The maximum absolute atomic E-state index is 6.69. The summed E-state index contributed by atoms with van der Waals surface area (Å²) in [7, 11) is 0. The van der Waals surface area contributed by atoms with E-state index in [1.165, 1.54) is 27.5 Å². The monoisotopic (exact) mass is 280 g/mol. The first kappa shape index (κ1) is 13.2. The summed E-state index contributed by atoms with van der Waals surface area (Å²) in [4.78, 5) is 0. The molecule has 1 atom stereocenters. The van der Waals surface area contributed by atoms with Gasteiger partial charge in [0.1, 0.15) is 0 Å². The zero-order valence-electron chi connectivity index (χ0n) is 11.5. The predicted molar refractivity (Wildman–Crippen MR) is 87.4 cm³/mol. The summed E-state index contributed by atoms with van der Waals surface area (Å²) in [6.07, 6.45) is 0.863. The third kappa shape index (κ3) is 2.57. The van der Waals surface area contributed by atoms with Crippen molar-refractivity contribution >= 4 is 22.4 Å². The Morgan fingerprint density at radius 1 is 0.850 bits per heavy atom. The molecule has 3 aromatic rings. The van der Waals surface area contributed by atoms with Gasteiger partial charge in [0.05, 0.1) is 5.38 Å². The number of fused-ring (bicyclic) bond motifs is 1. The summed E-state index contributed by atoms with van der Waals surface area (Å²) in [5.41, 5.74) is 3.84. The molecule has 0 bridgehead atoms. The number of benzene rings is 3. The highest BCUT2D eigenvalue weighted by Crippen LogP contribution is 2.31. The second-order valence-corrected chi connectivity index (χ2v) is 5.69. The molecule has 3 rings (SSSR count). The summed E-state index contributed by atoms with van der Waals surface area (Å²) in [5, 5.41) is 2.51. The smallest absolute Gasteiger partial charge is 0.0631 e. The van der Waals surface area contributed by atoms with Crippen molar-refractivity contribution in [3.8, 4) is 0 Å². The third-order valence-electron chi connectivity index (χ3n) is 3.82. The molecule has 0 aliphatic heterocycles. The first-order valence-corrected chi connectivity index (χ1v) is 7.35. The Balaban J connectivity index is 1.97. The van der Waals surface area contributed by atoms with E-state index in [9.17, 15) is 0 Å². The number of halogens is 1. The molecular weight excluding hydrogens is 264 g/mol. The summed E-state index contributed by atoms with van der Waals surface area (Å²) in [6.45, 7) is 2.14. The molecule has 0 aliphatic rings. The fourth-order valence-corrected chi connectivity index (χ4v) is 3.02. The third-order valence-corrected chi connectivity index (χ3v) is 4.21. The van der Waals surface area contributed by atoms with Crippen molar-refractivity contribution in [1.29, 1.82) is 0 Å². The Kier molecular flexibility index (Phi) is 3.75. The quantitative estimate of drug-likeness (QED) is 0.542. The first-order valence-electron chi connectivity index (χ1n) is 6.92. The van der Waals surface area contributed by atoms with E-state index >= 15 is 0 Å². The lowest BCUT2D eigenvalue weighted by molar-refractivity contribution is 0.919. The number of rotatable bonds is 3. The standard InChI is InChI=1S/C19H17Cl/c1-14-7-2-3-9-16(14)13-19(20)18-12-6-10-15-8-4-5-11-17(15)18/h2-12,19H,13H2,1H3. The van der Waals surface area contributed by atoms with Crippen LogP contribution in [0.4, 0.5) is 0 Å². The largest absolute Gasteiger partial charge is 0.117 e. The molecule has 0 amide bonds. The summed E-state index contributed by atoms with van der Waals surface area (Å²) in [5.74, 6) is 0. The van der Waals surface area contributed by atoms with E-state index < -0.39 is 0 Å². The van der Waals surface area contributed by atoms with Crippen LogP contribution in [0.25, 0.3) is 10.8 Å². The zero-order valence-corrected chi connectivity index (χ0v) is 12.3. The fourth-order valence-electron chi connectivity index (χ4n) is 2.67. The molecule has 0 nitrogen and oxygen atoms in total. The molecule has 100 valence electrons. The van der Waals surface area contributed by atoms with Crippen molar-refractivity contribution in [2.24, 2.45) is 0 Å². The molecule has 0 spiro atoms. The molecule has 0 radical (unpaired) electrons. The molecule has 0 aromatic heterocycles. The Morgan fingerprint density at radius 2 is 1.55 bits per heavy atom. The maximum Gasteiger partial charge on any atom is 0.0631 e. The molecule has 0 fully saturated rings. The number of alkyl halides is 1. The van der Waals surface area contributed by atoms with Gasteiger partial charge in [-0.25, -0.2) is 0 Å². The van der Waals surface area contributed by atoms with Gasteiger partial charge in [-0.1, -0.05) is 66.7 Å². The summed E-state index contributed by atoms with van der Waals surface area (Å²) < 4.78 is 0. The Hall–Kier alpha value is -1.79. The van der Waals surface area contributed by atoms with Gasteiger partial charge in [-0.15, -0.1) is 11.6 Å². The van der Waals surface area contributed by atoms with E-state index in [0.717, 1.165) is 6.42 Å². The van der Waals surface area contributed by atoms with Gasteiger partial charge in [-0.3, -0.25) is 0 Å². The van der Waals surface area contributed by atoms with Crippen molar-refractivity contribution in [1.82, 2.24) is 0 Å². The minimum atomic E-state index is 0.00204. The summed E-state index contributed by atoms with van der Waals surface area (Å²) in [6, 6.07) is 23.2. The molecule has 1 unspecified atom stereocenters. The molecular formula is C19H17Cl. The molecule has 20 heavy (non-hydrogen) atoms. The van der Waals surface area contributed by atoms with Crippen LogP contribution in [0.15, 0.2) is 66.7 Å². The minimum absolute atomic E-state index is 0.00204. The van der Waals surface area contributed by atoms with Gasteiger partial charge >= 0.3 is 0 Å². The van der Waals surface area contributed by atoms with Crippen LogP contribution in [-0.2, 0) is 6.42 Å². The van der Waals surface area contributed by atoms with E-state index in [4.69, 9.17) is 11.6 Å². The average Bonchev–Trinajstić information content (AvgIpc) is 2.49. The zero-order chi connectivity index (χ0) is 13.9. The average molecular weight is 281 g/mol. The Bertz CT molecular complexity index is 725. The van der Waals surface area contributed by atoms with Crippen LogP contribution < -0.4 is 0 Å². The van der Waals surface area contributed by atoms with Crippen LogP contribution in [0.3, 0.4) is 0 Å². The molecule has 1 heteroatoms. The van der Waals surface area contributed by atoms with E-state index in [0.29, 0.717) is 0 Å². The van der Waals surface area contributed by atoms with Gasteiger partial charge < -0.3 is 0 Å². The maximum atomic E-state index is 6.69. The van der Waals surface area contributed by atoms with Crippen LogP contribution in [0, 0.1) is 6.92 Å². The van der Waals surface area contributed by atoms with Gasteiger partial charge in [-0.2, -0.15) is 0 Å². The van der Waals surface area contributed by atoms with E-state index in [2.05, 4.69) is 73.7 Å². The minimum Gasteiger partial charge on any atom is -0.117 e. The van der Waals surface area contributed by atoms with Crippen LogP contribution in [0.5, 0.6) is 0 Å². The second-order valence-electron chi connectivity index (χ2n) is 5.17. The van der Waals surface area contributed by atoms with Crippen LogP contribution >= 0.6 is 11.6 Å². The highest BCUT2D eigenvalue weighted by molar-refractivity contribution is 6.22. The number of aryl methyl sites for hydroxylation is 1. The van der Waals surface area contributed by atoms with Crippen LogP contribution in [0.1, 0.15) is 22.1 Å². The highest BCUT2D eigenvalue weighted by atomic mass is 35.5. The lowest BCUT2D eigenvalue weighted by Gasteiger charge is -2.14. The Labute approximate surface area is 125 Å². The molecule has 0 saturated carbocycles. The van der Waals surface area contributed by atoms with Gasteiger partial charge in [0.2, 0.25) is 0 Å².